The van der Waals surface area contributed by atoms with Gasteiger partial charge in [-0.3, -0.25) is 14.4 Å². The average Bonchev–Trinajstić information content (AvgIpc) is 2.96. The van der Waals surface area contributed by atoms with Gasteiger partial charge in [-0.1, -0.05) is 26.7 Å². The van der Waals surface area contributed by atoms with Crippen molar-refractivity contribution in [2.24, 2.45) is 5.92 Å². The van der Waals surface area contributed by atoms with E-state index in [2.05, 4.69) is 24.5 Å². The smallest absolute Gasteiger partial charge is 0.325 e. The van der Waals surface area contributed by atoms with Gasteiger partial charge in [-0.05, 0) is 38.3 Å². The molecule has 140 valence electrons. The van der Waals surface area contributed by atoms with Gasteiger partial charge in [-0.15, -0.1) is 11.3 Å². The van der Waals surface area contributed by atoms with Crippen LogP contribution < -0.4 is 10.6 Å². The Hall–Kier alpha value is -1.89. The first kappa shape index (κ1) is 21.2. The Balaban J connectivity index is 2.18. The Labute approximate surface area is 153 Å². The highest BCUT2D eigenvalue weighted by Gasteiger charge is 2.13. The fraction of sp³-hybridized carbons (Fsp3) is 0.611. The Morgan fingerprint density at radius 1 is 1.16 bits per heavy atom. The van der Waals surface area contributed by atoms with Crippen molar-refractivity contribution in [3.63, 3.8) is 0 Å². The van der Waals surface area contributed by atoms with E-state index in [1.807, 2.05) is 19.9 Å². The molecule has 0 aliphatic heterocycles. The summed E-state index contributed by atoms with van der Waals surface area (Å²) in [6.07, 6.45) is 3.07. The quantitative estimate of drug-likeness (QED) is 0.622. The maximum atomic E-state index is 11.8. The van der Waals surface area contributed by atoms with E-state index in [1.54, 1.807) is 6.07 Å². The first-order valence-corrected chi connectivity index (χ1v) is 9.39. The lowest BCUT2D eigenvalue weighted by atomic mass is 10.0. The highest BCUT2D eigenvalue weighted by atomic mass is 32.1. The topological polar surface area (TPSA) is 84.5 Å². The number of carbonyl (C=O) groups excluding carboxylic acids is 3. The van der Waals surface area contributed by atoms with Gasteiger partial charge in [0.2, 0.25) is 0 Å². The lowest BCUT2D eigenvalue weighted by Gasteiger charge is -2.14. The van der Waals surface area contributed by atoms with Crippen LogP contribution >= 0.6 is 11.3 Å². The highest BCUT2D eigenvalue weighted by molar-refractivity contribution is 7.13. The second kappa shape index (κ2) is 10.9. The number of hydrogen-bond donors (Lipinski definition) is 2. The summed E-state index contributed by atoms with van der Waals surface area (Å²) >= 11 is 1.35. The van der Waals surface area contributed by atoms with Crippen LogP contribution in [0.3, 0.4) is 0 Å². The third-order valence-corrected chi connectivity index (χ3v) is 4.55. The zero-order chi connectivity index (χ0) is 18.8. The normalized spacial score (nSPS) is 11.9. The molecule has 1 atom stereocenters. The van der Waals surface area contributed by atoms with E-state index in [4.69, 9.17) is 4.74 Å². The highest BCUT2D eigenvalue weighted by Crippen LogP contribution is 2.14. The summed E-state index contributed by atoms with van der Waals surface area (Å²) in [4.78, 5) is 36.7. The Bertz CT molecular complexity index is 583. The lowest BCUT2D eigenvalue weighted by molar-refractivity contribution is -0.147. The molecule has 0 spiro atoms. The van der Waals surface area contributed by atoms with Gasteiger partial charge in [0.25, 0.3) is 11.8 Å². The summed E-state index contributed by atoms with van der Waals surface area (Å²) in [5.74, 6) is -0.634. The molecule has 2 amide bonds. The van der Waals surface area contributed by atoms with E-state index in [1.165, 1.54) is 11.3 Å². The number of esters is 1. The predicted molar refractivity (Wildman–Crippen MR) is 98.6 cm³/mol. The number of carbonyl (C=O) groups is 3. The van der Waals surface area contributed by atoms with Crippen LogP contribution in [0.4, 0.5) is 0 Å². The zero-order valence-electron chi connectivity index (χ0n) is 15.4. The molecule has 0 aliphatic rings. The molecule has 1 heterocycles. The largest absolute Gasteiger partial charge is 0.454 e. The van der Waals surface area contributed by atoms with E-state index in [-0.39, 0.29) is 31.0 Å². The summed E-state index contributed by atoms with van der Waals surface area (Å²) in [5, 5.41) is 5.28. The van der Waals surface area contributed by atoms with Gasteiger partial charge in [-0.25, -0.2) is 0 Å². The van der Waals surface area contributed by atoms with E-state index in [0.717, 1.165) is 24.1 Å². The number of hydrogen-bond acceptors (Lipinski definition) is 5. The van der Waals surface area contributed by atoms with E-state index in [0.29, 0.717) is 10.8 Å². The molecule has 0 aromatic carbocycles. The Morgan fingerprint density at radius 3 is 2.48 bits per heavy atom. The van der Waals surface area contributed by atoms with Crippen molar-refractivity contribution >= 4 is 29.1 Å². The van der Waals surface area contributed by atoms with Crippen LogP contribution in [0.2, 0.25) is 0 Å². The molecule has 1 rings (SSSR count). The van der Waals surface area contributed by atoms with Gasteiger partial charge in [0.1, 0.15) is 6.54 Å². The molecule has 1 aromatic heterocycles. The Morgan fingerprint density at radius 2 is 1.88 bits per heavy atom. The van der Waals surface area contributed by atoms with Crippen molar-refractivity contribution in [1.82, 2.24) is 10.6 Å². The molecular formula is C18H28N2O4S. The molecule has 0 aliphatic carbocycles. The minimum absolute atomic E-state index is 0.0479. The van der Waals surface area contributed by atoms with Gasteiger partial charge < -0.3 is 15.4 Å². The summed E-state index contributed by atoms with van der Waals surface area (Å²) < 4.78 is 4.88. The fourth-order valence-corrected chi connectivity index (χ4v) is 3.00. The van der Waals surface area contributed by atoms with Gasteiger partial charge >= 0.3 is 5.97 Å². The van der Waals surface area contributed by atoms with Gasteiger partial charge in [0.05, 0.1) is 4.88 Å². The van der Waals surface area contributed by atoms with Crippen LogP contribution in [0.1, 0.15) is 54.6 Å². The molecule has 6 nitrogen and oxygen atoms in total. The lowest BCUT2D eigenvalue weighted by Crippen LogP contribution is -2.37. The molecule has 1 unspecified atom stereocenters. The van der Waals surface area contributed by atoms with Crippen molar-refractivity contribution in [3.8, 4) is 0 Å². The number of nitrogens with one attached hydrogen (secondary N) is 2. The van der Waals surface area contributed by atoms with Crippen molar-refractivity contribution in [2.45, 2.75) is 53.0 Å². The number of thiophene rings is 1. The first-order chi connectivity index (χ1) is 11.8. The average molecular weight is 368 g/mol. The molecular weight excluding hydrogens is 340 g/mol. The number of ether oxygens (including phenoxy) is 1. The third kappa shape index (κ3) is 9.24. The molecule has 0 radical (unpaired) electrons. The maximum Gasteiger partial charge on any atom is 0.325 e. The van der Waals surface area contributed by atoms with Crippen molar-refractivity contribution in [1.29, 1.82) is 0 Å². The van der Waals surface area contributed by atoms with Crippen LogP contribution in [0, 0.1) is 12.8 Å². The van der Waals surface area contributed by atoms with Crippen molar-refractivity contribution in [3.05, 3.63) is 21.9 Å². The van der Waals surface area contributed by atoms with Crippen molar-refractivity contribution in [2.75, 3.05) is 13.2 Å². The van der Waals surface area contributed by atoms with E-state index < -0.39 is 5.97 Å². The third-order valence-electron chi connectivity index (χ3n) is 3.55. The molecule has 25 heavy (non-hydrogen) atoms. The minimum atomic E-state index is -0.635. The van der Waals surface area contributed by atoms with Gasteiger partial charge in [-0.2, -0.15) is 0 Å². The summed E-state index contributed by atoms with van der Waals surface area (Å²) in [6, 6.07) is 3.59. The molecule has 0 saturated carbocycles. The molecule has 0 fully saturated rings. The summed E-state index contributed by atoms with van der Waals surface area (Å²) in [6.45, 7) is 7.58. The van der Waals surface area contributed by atoms with Gasteiger partial charge in [0.15, 0.2) is 6.61 Å². The predicted octanol–water partition coefficient (Wildman–Crippen LogP) is 2.66. The zero-order valence-corrected chi connectivity index (χ0v) is 16.2. The van der Waals surface area contributed by atoms with Crippen LogP contribution in [0.5, 0.6) is 0 Å². The van der Waals surface area contributed by atoms with Crippen LogP contribution in [-0.4, -0.2) is 37.0 Å². The Kier molecular flexibility index (Phi) is 9.20. The minimum Gasteiger partial charge on any atom is -0.454 e. The van der Waals surface area contributed by atoms with Gasteiger partial charge in [0, 0.05) is 10.9 Å². The second-order valence-electron chi connectivity index (χ2n) is 6.55. The van der Waals surface area contributed by atoms with Crippen LogP contribution in [0.15, 0.2) is 12.1 Å². The molecule has 7 heteroatoms. The van der Waals surface area contributed by atoms with Crippen LogP contribution in [0.25, 0.3) is 0 Å². The molecule has 0 saturated heterocycles. The maximum absolute atomic E-state index is 11.8. The molecule has 0 bridgehead atoms. The van der Waals surface area contributed by atoms with E-state index >= 15 is 0 Å². The monoisotopic (exact) mass is 368 g/mol. The molecule has 2 N–H and O–H groups in total. The summed E-state index contributed by atoms with van der Waals surface area (Å²) in [5.41, 5.74) is 0. The van der Waals surface area contributed by atoms with E-state index in [9.17, 15) is 14.4 Å². The number of aryl methyl sites for hydroxylation is 1. The van der Waals surface area contributed by atoms with Crippen LogP contribution in [-0.2, 0) is 14.3 Å². The number of rotatable bonds is 10. The number of amides is 2. The fourth-order valence-electron chi connectivity index (χ4n) is 2.21. The standard InChI is InChI=1S/C18H28N2O4S/c1-12(2)6-5-7-13(3)20-16(21)11-24-17(22)10-19-18(23)15-9-8-14(4)25-15/h8-9,12-13H,5-7,10-11H2,1-4H3,(H,19,23)(H,20,21). The SMILES string of the molecule is Cc1ccc(C(=O)NCC(=O)OCC(=O)NC(C)CCCC(C)C)s1. The second-order valence-corrected chi connectivity index (χ2v) is 7.83. The molecule has 1 aromatic rings. The summed E-state index contributed by atoms with van der Waals surface area (Å²) in [7, 11) is 0. The van der Waals surface area contributed by atoms with Crippen molar-refractivity contribution < 1.29 is 19.1 Å². The first-order valence-electron chi connectivity index (χ1n) is 8.57.